The molecule has 0 aliphatic carbocycles. The first-order chi connectivity index (χ1) is 13.7. The van der Waals surface area contributed by atoms with Crippen molar-refractivity contribution in [1.82, 2.24) is 15.0 Å². The molecule has 0 N–H and O–H groups in total. The molecule has 2 heterocycles. The van der Waals surface area contributed by atoms with Crippen molar-refractivity contribution in [2.24, 2.45) is 0 Å². The van der Waals surface area contributed by atoms with Gasteiger partial charge in [0.1, 0.15) is 5.75 Å². The predicted molar refractivity (Wildman–Crippen MR) is 105 cm³/mol. The Hall–Kier alpha value is -3.15. The zero-order valence-electron chi connectivity index (χ0n) is 15.9. The van der Waals surface area contributed by atoms with Crippen molar-refractivity contribution in [2.45, 2.75) is 25.7 Å². The van der Waals surface area contributed by atoms with Crippen molar-refractivity contribution < 1.29 is 14.1 Å². The van der Waals surface area contributed by atoms with E-state index in [0.717, 1.165) is 12.0 Å². The molecule has 6 heteroatoms. The Balaban J connectivity index is 1.44. The lowest BCUT2D eigenvalue weighted by atomic mass is 10.1. The van der Waals surface area contributed by atoms with Gasteiger partial charge in [-0.15, -0.1) is 0 Å². The normalized spacial score (nSPS) is 16.5. The maximum atomic E-state index is 12.4. The van der Waals surface area contributed by atoms with Crippen molar-refractivity contribution >= 4 is 5.91 Å². The van der Waals surface area contributed by atoms with E-state index in [4.69, 9.17) is 9.26 Å². The SMILES string of the molecule is CCOc1ccccc1-c1nc(C2CC(=O)N(CCc3ccccc3)C2)no1. The van der Waals surface area contributed by atoms with Gasteiger partial charge in [0.05, 0.1) is 12.2 Å². The molecule has 1 aromatic heterocycles. The first-order valence-corrected chi connectivity index (χ1v) is 9.62. The highest BCUT2D eigenvalue weighted by atomic mass is 16.5. The summed E-state index contributed by atoms with van der Waals surface area (Å²) in [7, 11) is 0. The van der Waals surface area contributed by atoms with Gasteiger partial charge in [0.25, 0.3) is 5.89 Å². The summed E-state index contributed by atoms with van der Waals surface area (Å²) in [6.45, 7) is 3.82. The van der Waals surface area contributed by atoms with Gasteiger partial charge in [-0.05, 0) is 31.0 Å². The molecule has 1 atom stereocenters. The smallest absolute Gasteiger partial charge is 0.261 e. The molecule has 1 aliphatic heterocycles. The van der Waals surface area contributed by atoms with Gasteiger partial charge in [0, 0.05) is 25.4 Å². The largest absolute Gasteiger partial charge is 0.493 e. The van der Waals surface area contributed by atoms with Gasteiger partial charge >= 0.3 is 0 Å². The van der Waals surface area contributed by atoms with Gasteiger partial charge in [0.2, 0.25) is 5.91 Å². The van der Waals surface area contributed by atoms with Gasteiger partial charge in [0.15, 0.2) is 5.82 Å². The molecule has 6 nitrogen and oxygen atoms in total. The van der Waals surface area contributed by atoms with Crippen LogP contribution in [0.15, 0.2) is 59.1 Å². The fraction of sp³-hybridized carbons (Fsp3) is 0.318. The van der Waals surface area contributed by atoms with Crippen LogP contribution in [0.3, 0.4) is 0 Å². The van der Waals surface area contributed by atoms with Crippen LogP contribution < -0.4 is 4.74 Å². The molecule has 0 saturated carbocycles. The second kappa shape index (κ2) is 8.25. The van der Waals surface area contributed by atoms with Gasteiger partial charge in [-0.2, -0.15) is 4.98 Å². The van der Waals surface area contributed by atoms with E-state index in [2.05, 4.69) is 22.3 Å². The van der Waals surface area contributed by atoms with E-state index >= 15 is 0 Å². The number of likely N-dealkylation sites (tertiary alicyclic amines) is 1. The van der Waals surface area contributed by atoms with Crippen molar-refractivity contribution in [3.63, 3.8) is 0 Å². The number of benzene rings is 2. The van der Waals surface area contributed by atoms with Crippen LogP contribution in [0.25, 0.3) is 11.5 Å². The predicted octanol–water partition coefficient (Wildman–Crippen LogP) is 3.69. The Morgan fingerprint density at radius 1 is 1.14 bits per heavy atom. The quantitative estimate of drug-likeness (QED) is 0.628. The average molecular weight is 377 g/mol. The fourth-order valence-corrected chi connectivity index (χ4v) is 3.50. The molecule has 0 spiro atoms. The second-order valence-electron chi connectivity index (χ2n) is 6.86. The zero-order chi connectivity index (χ0) is 19.3. The topological polar surface area (TPSA) is 68.5 Å². The number of hydrogen-bond acceptors (Lipinski definition) is 5. The number of carbonyl (C=O) groups is 1. The van der Waals surface area contributed by atoms with Crippen molar-refractivity contribution in [2.75, 3.05) is 19.7 Å². The van der Waals surface area contributed by atoms with Crippen molar-refractivity contribution in [1.29, 1.82) is 0 Å². The molecule has 1 aliphatic rings. The Kier molecular flexibility index (Phi) is 5.37. The summed E-state index contributed by atoms with van der Waals surface area (Å²) in [6, 6.07) is 17.8. The van der Waals surface area contributed by atoms with E-state index in [0.29, 0.717) is 43.6 Å². The summed E-state index contributed by atoms with van der Waals surface area (Å²) < 4.78 is 11.1. The summed E-state index contributed by atoms with van der Waals surface area (Å²) in [5.41, 5.74) is 2.00. The van der Waals surface area contributed by atoms with Crippen LogP contribution in [-0.4, -0.2) is 40.6 Å². The number of carbonyl (C=O) groups excluding carboxylic acids is 1. The summed E-state index contributed by atoms with van der Waals surface area (Å²) in [5, 5.41) is 4.14. The first kappa shape index (κ1) is 18.2. The summed E-state index contributed by atoms with van der Waals surface area (Å²) in [6.07, 6.45) is 1.26. The maximum absolute atomic E-state index is 12.4. The highest BCUT2D eigenvalue weighted by Gasteiger charge is 2.33. The molecule has 3 aromatic rings. The van der Waals surface area contributed by atoms with E-state index < -0.39 is 0 Å². The Morgan fingerprint density at radius 3 is 2.75 bits per heavy atom. The van der Waals surface area contributed by atoms with Crippen LogP contribution >= 0.6 is 0 Å². The molecule has 1 unspecified atom stereocenters. The molecule has 144 valence electrons. The molecule has 1 fully saturated rings. The van der Waals surface area contributed by atoms with Crippen LogP contribution in [0, 0.1) is 0 Å². The summed E-state index contributed by atoms with van der Waals surface area (Å²) in [5.74, 6) is 1.82. The van der Waals surface area contributed by atoms with Gasteiger partial charge in [-0.1, -0.05) is 47.6 Å². The number of aromatic nitrogens is 2. The van der Waals surface area contributed by atoms with Crippen molar-refractivity contribution in [3.05, 3.63) is 66.0 Å². The van der Waals surface area contributed by atoms with Gasteiger partial charge in [-0.3, -0.25) is 4.79 Å². The van der Waals surface area contributed by atoms with Crippen LogP contribution in [0.2, 0.25) is 0 Å². The summed E-state index contributed by atoms with van der Waals surface area (Å²) >= 11 is 0. The van der Waals surface area contributed by atoms with E-state index in [1.54, 1.807) is 0 Å². The second-order valence-corrected chi connectivity index (χ2v) is 6.86. The van der Waals surface area contributed by atoms with Crippen molar-refractivity contribution in [3.8, 4) is 17.2 Å². The lowest BCUT2D eigenvalue weighted by Crippen LogP contribution is -2.27. The standard InChI is InChI=1S/C22H23N3O3/c1-2-27-19-11-7-6-10-18(19)22-23-21(24-28-22)17-14-20(26)25(15-17)13-12-16-8-4-3-5-9-16/h3-11,17H,2,12-15H2,1H3. The lowest BCUT2D eigenvalue weighted by Gasteiger charge is -2.15. The molecule has 1 saturated heterocycles. The Labute approximate surface area is 164 Å². The third-order valence-electron chi connectivity index (χ3n) is 4.95. The third kappa shape index (κ3) is 3.91. The molecule has 4 rings (SSSR count). The number of ether oxygens (including phenoxy) is 1. The van der Waals surface area contributed by atoms with E-state index in [1.165, 1.54) is 5.56 Å². The Morgan fingerprint density at radius 2 is 1.93 bits per heavy atom. The molecule has 1 amide bonds. The molecule has 0 bridgehead atoms. The lowest BCUT2D eigenvalue weighted by molar-refractivity contribution is -0.127. The number of amides is 1. The Bertz CT molecular complexity index is 939. The van der Waals surface area contributed by atoms with E-state index in [9.17, 15) is 4.79 Å². The number of rotatable bonds is 7. The van der Waals surface area contributed by atoms with E-state index in [1.807, 2.05) is 54.3 Å². The number of para-hydroxylation sites is 1. The zero-order valence-corrected chi connectivity index (χ0v) is 15.9. The molecular weight excluding hydrogens is 354 g/mol. The van der Waals surface area contributed by atoms with E-state index in [-0.39, 0.29) is 11.8 Å². The summed E-state index contributed by atoms with van der Waals surface area (Å²) in [4.78, 5) is 18.9. The fourth-order valence-electron chi connectivity index (χ4n) is 3.50. The monoisotopic (exact) mass is 377 g/mol. The van der Waals surface area contributed by atoms with Crippen LogP contribution in [0.1, 0.15) is 30.7 Å². The molecule has 0 radical (unpaired) electrons. The average Bonchev–Trinajstić information content (AvgIpc) is 3.35. The molecule has 28 heavy (non-hydrogen) atoms. The highest BCUT2D eigenvalue weighted by Crippen LogP contribution is 2.32. The molecular formula is C22H23N3O3. The maximum Gasteiger partial charge on any atom is 0.261 e. The van der Waals surface area contributed by atoms with Crippen LogP contribution in [0.5, 0.6) is 5.75 Å². The third-order valence-corrected chi connectivity index (χ3v) is 4.95. The highest BCUT2D eigenvalue weighted by molar-refractivity contribution is 5.79. The first-order valence-electron chi connectivity index (χ1n) is 9.62. The van der Waals surface area contributed by atoms with Crippen LogP contribution in [0.4, 0.5) is 0 Å². The van der Waals surface area contributed by atoms with Gasteiger partial charge < -0.3 is 14.2 Å². The van der Waals surface area contributed by atoms with Gasteiger partial charge in [-0.25, -0.2) is 0 Å². The molecule has 2 aromatic carbocycles. The number of hydrogen-bond donors (Lipinski definition) is 0. The number of nitrogens with zero attached hydrogens (tertiary/aromatic N) is 3. The minimum absolute atomic E-state index is 0.0416. The van der Waals surface area contributed by atoms with Crippen LogP contribution in [-0.2, 0) is 11.2 Å². The minimum Gasteiger partial charge on any atom is -0.493 e. The minimum atomic E-state index is -0.0416.